The number of halogens is 3. The average molecular weight is 419 g/mol. The van der Waals surface area contributed by atoms with E-state index in [-0.39, 0.29) is 11.5 Å². The second-order valence-electron chi connectivity index (χ2n) is 7.53. The molecule has 0 fully saturated rings. The summed E-state index contributed by atoms with van der Waals surface area (Å²) in [5.74, 6) is 0.278. The molecule has 1 aliphatic rings. The lowest BCUT2D eigenvalue weighted by Crippen LogP contribution is -2.04. The van der Waals surface area contributed by atoms with E-state index in [0.717, 1.165) is 45.6 Å². The van der Waals surface area contributed by atoms with E-state index in [1.54, 1.807) is 36.4 Å². The van der Waals surface area contributed by atoms with Crippen molar-refractivity contribution in [1.82, 2.24) is 4.98 Å². The number of nitrogens with zero attached hydrogens (tertiary/aromatic N) is 1. The summed E-state index contributed by atoms with van der Waals surface area (Å²) in [7, 11) is 0. The molecular weight excluding hydrogens is 403 g/mol. The summed E-state index contributed by atoms with van der Waals surface area (Å²) in [5, 5.41) is 19.8. The molecule has 3 nitrogen and oxygen atoms in total. The number of aromatic nitrogens is 1. The molecule has 0 bridgehead atoms. The van der Waals surface area contributed by atoms with Gasteiger partial charge in [0.25, 0.3) is 0 Å². The summed E-state index contributed by atoms with van der Waals surface area (Å²) in [4.78, 5) is 4.77. The fourth-order valence-electron chi connectivity index (χ4n) is 4.03. The largest absolute Gasteiger partial charge is 0.508 e. The summed E-state index contributed by atoms with van der Waals surface area (Å²) in [6, 6.07) is 18.7. The molecule has 0 radical (unpaired) electrons. The Hall–Kier alpha value is -3.80. The molecule has 0 spiro atoms. The minimum Gasteiger partial charge on any atom is -0.508 e. The standard InChI is InChI=1S/C25H16F3NO2/c26-25(27,28)17-6-4-14(5-7-17)23-13-21(15-2-1-3-18(30)10-15)22-12-16-11-19(31)8-9-20(16)24(22)29-23/h1-11,13,30-31H,12H2. The van der Waals surface area contributed by atoms with E-state index in [0.29, 0.717) is 17.7 Å². The summed E-state index contributed by atoms with van der Waals surface area (Å²) >= 11 is 0. The fraction of sp³-hybridized carbons (Fsp3) is 0.0800. The van der Waals surface area contributed by atoms with Crippen molar-refractivity contribution in [2.75, 3.05) is 0 Å². The second-order valence-corrected chi connectivity index (χ2v) is 7.53. The smallest absolute Gasteiger partial charge is 0.416 e. The third-order valence-corrected chi connectivity index (χ3v) is 5.50. The molecule has 0 atom stereocenters. The van der Waals surface area contributed by atoms with Crippen LogP contribution in [0.5, 0.6) is 11.5 Å². The van der Waals surface area contributed by atoms with E-state index in [1.807, 2.05) is 12.1 Å². The van der Waals surface area contributed by atoms with Crippen LogP contribution in [0.3, 0.4) is 0 Å². The van der Waals surface area contributed by atoms with Crippen molar-refractivity contribution in [1.29, 1.82) is 0 Å². The van der Waals surface area contributed by atoms with Crippen molar-refractivity contribution < 1.29 is 23.4 Å². The van der Waals surface area contributed by atoms with Crippen molar-refractivity contribution >= 4 is 0 Å². The summed E-state index contributed by atoms with van der Waals surface area (Å²) in [6.07, 6.45) is -3.85. The Labute approximate surface area is 176 Å². The fourth-order valence-corrected chi connectivity index (χ4v) is 4.03. The number of hydrogen-bond acceptors (Lipinski definition) is 3. The van der Waals surface area contributed by atoms with Gasteiger partial charge in [-0.2, -0.15) is 13.2 Å². The highest BCUT2D eigenvalue weighted by molar-refractivity contribution is 5.86. The number of aromatic hydroxyl groups is 2. The Morgan fingerprint density at radius 1 is 0.742 bits per heavy atom. The van der Waals surface area contributed by atoms with Crippen LogP contribution in [0.25, 0.3) is 33.6 Å². The van der Waals surface area contributed by atoms with Gasteiger partial charge in [0.05, 0.1) is 17.0 Å². The topological polar surface area (TPSA) is 53.4 Å². The van der Waals surface area contributed by atoms with Gasteiger partial charge in [0.2, 0.25) is 0 Å². The summed E-state index contributed by atoms with van der Waals surface area (Å²) < 4.78 is 38.9. The number of benzene rings is 3. The van der Waals surface area contributed by atoms with Crippen LogP contribution in [0, 0.1) is 0 Å². The number of hydrogen-bond donors (Lipinski definition) is 2. The minimum atomic E-state index is -4.41. The highest BCUT2D eigenvalue weighted by Gasteiger charge is 2.30. The first-order chi connectivity index (χ1) is 14.8. The van der Waals surface area contributed by atoms with Crippen molar-refractivity contribution in [3.05, 3.63) is 89.5 Å². The van der Waals surface area contributed by atoms with E-state index >= 15 is 0 Å². The Bertz CT molecular complexity index is 1310. The van der Waals surface area contributed by atoms with Gasteiger partial charge in [-0.3, -0.25) is 0 Å². The van der Waals surface area contributed by atoms with E-state index in [2.05, 4.69) is 0 Å². The zero-order chi connectivity index (χ0) is 21.8. The van der Waals surface area contributed by atoms with Crippen LogP contribution in [0.2, 0.25) is 0 Å². The lowest BCUT2D eigenvalue weighted by molar-refractivity contribution is -0.137. The van der Waals surface area contributed by atoms with Crippen molar-refractivity contribution in [2.24, 2.45) is 0 Å². The van der Waals surface area contributed by atoms with Gasteiger partial charge in [-0.1, -0.05) is 24.3 Å². The number of rotatable bonds is 2. The SMILES string of the molecule is Oc1cccc(-c2cc(-c3ccc(C(F)(F)F)cc3)nc3c2Cc2cc(O)ccc2-3)c1. The third-order valence-electron chi connectivity index (χ3n) is 5.50. The van der Waals surface area contributed by atoms with Gasteiger partial charge in [0.15, 0.2) is 0 Å². The van der Waals surface area contributed by atoms with Gasteiger partial charge >= 0.3 is 6.18 Å². The number of phenols is 2. The molecule has 0 aliphatic heterocycles. The quantitative estimate of drug-likeness (QED) is 0.347. The molecule has 0 amide bonds. The van der Waals surface area contributed by atoms with Gasteiger partial charge in [-0.25, -0.2) is 4.98 Å². The molecular formula is C25H16F3NO2. The van der Waals surface area contributed by atoms with Crippen molar-refractivity contribution in [2.45, 2.75) is 12.6 Å². The lowest BCUT2D eigenvalue weighted by Gasteiger charge is -2.13. The van der Waals surface area contributed by atoms with Crippen LogP contribution in [0.4, 0.5) is 13.2 Å². The first kappa shape index (κ1) is 19.2. The molecule has 0 saturated carbocycles. The number of phenolic OH excluding ortho intramolecular Hbond substituents is 2. The Morgan fingerprint density at radius 2 is 1.48 bits per heavy atom. The van der Waals surface area contributed by atoms with E-state index < -0.39 is 11.7 Å². The number of pyridine rings is 1. The lowest BCUT2D eigenvalue weighted by atomic mass is 9.96. The van der Waals surface area contributed by atoms with E-state index in [4.69, 9.17) is 4.98 Å². The molecule has 6 heteroatoms. The minimum absolute atomic E-state index is 0.118. The molecule has 4 aromatic rings. The molecule has 1 aliphatic carbocycles. The Morgan fingerprint density at radius 3 is 2.19 bits per heavy atom. The first-order valence-corrected chi connectivity index (χ1v) is 9.63. The number of fused-ring (bicyclic) bond motifs is 3. The zero-order valence-corrected chi connectivity index (χ0v) is 16.1. The Balaban J connectivity index is 1.71. The van der Waals surface area contributed by atoms with Crippen LogP contribution in [-0.2, 0) is 12.6 Å². The maximum atomic E-state index is 13.0. The monoisotopic (exact) mass is 419 g/mol. The normalized spacial score (nSPS) is 12.5. The molecule has 1 aromatic heterocycles. The molecule has 2 N–H and O–H groups in total. The maximum Gasteiger partial charge on any atom is 0.416 e. The highest BCUT2D eigenvalue weighted by Crippen LogP contribution is 2.44. The maximum absolute atomic E-state index is 13.0. The summed E-state index contributed by atoms with van der Waals surface area (Å²) in [5.41, 5.74) is 5.47. The predicted octanol–water partition coefficient (Wildman–Crippen LogP) is 6.42. The zero-order valence-electron chi connectivity index (χ0n) is 16.1. The molecule has 1 heterocycles. The molecule has 154 valence electrons. The third kappa shape index (κ3) is 3.40. The van der Waals surface area contributed by atoms with Crippen LogP contribution in [-0.4, -0.2) is 15.2 Å². The van der Waals surface area contributed by atoms with Gasteiger partial charge in [-0.05, 0) is 70.8 Å². The molecule has 3 aromatic carbocycles. The molecule has 0 saturated heterocycles. The first-order valence-electron chi connectivity index (χ1n) is 9.63. The van der Waals surface area contributed by atoms with Crippen molar-refractivity contribution in [3.63, 3.8) is 0 Å². The van der Waals surface area contributed by atoms with E-state index in [9.17, 15) is 23.4 Å². The van der Waals surface area contributed by atoms with Gasteiger partial charge in [0.1, 0.15) is 11.5 Å². The van der Waals surface area contributed by atoms with Crippen LogP contribution in [0.1, 0.15) is 16.7 Å². The van der Waals surface area contributed by atoms with Crippen LogP contribution in [0.15, 0.2) is 72.8 Å². The number of alkyl halides is 3. The molecule has 0 unspecified atom stereocenters. The van der Waals surface area contributed by atoms with Gasteiger partial charge < -0.3 is 10.2 Å². The van der Waals surface area contributed by atoms with Gasteiger partial charge in [-0.15, -0.1) is 0 Å². The van der Waals surface area contributed by atoms with Crippen molar-refractivity contribution in [3.8, 4) is 45.1 Å². The van der Waals surface area contributed by atoms with E-state index in [1.165, 1.54) is 12.1 Å². The average Bonchev–Trinajstić information content (AvgIpc) is 3.10. The Kier molecular flexibility index (Phi) is 4.25. The second kappa shape index (κ2) is 6.87. The van der Waals surface area contributed by atoms with Crippen LogP contribution < -0.4 is 0 Å². The highest BCUT2D eigenvalue weighted by atomic mass is 19.4. The summed E-state index contributed by atoms with van der Waals surface area (Å²) in [6.45, 7) is 0. The molecule has 31 heavy (non-hydrogen) atoms. The van der Waals surface area contributed by atoms with Crippen LogP contribution >= 0.6 is 0 Å². The molecule has 5 rings (SSSR count). The predicted molar refractivity (Wildman–Crippen MR) is 112 cm³/mol. The van der Waals surface area contributed by atoms with Gasteiger partial charge in [0, 0.05) is 17.5 Å².